The van der Waals surface area contributed by atoms with Crippen LogP contribution in [0.25, 0.3) is 0 Å². The van der Waals surface area contributed by atoms with E-state index in [2.05, 4.69) is 13.0 Å². The second-order valence-electron chi connectivity index (χ2n) is 7.13. The number of methoxy groups -OCH3 is 1. The minimum atomic E-state index is -0.281. The molecule has 4 rings (SSSR count). The summed E-state index contributed by atoms with van der Waals surface area (Å²) in [6.45, 7) is 5.85. The van der Waals surface area contributed by atoms with Gasteiger partial charge in [0.05, 0.1) is 18.7 Å². The predicted molar refractivity (Wildman–Crippen MR) is 104 cm³/mol. The maximum atomic E-state index is 13.4. The van der Waals surface area contributed by atoms with Crippen LogP contribution in [0.15, 0.2) is 30.3 Å². The Kier molecular flexibility index (Phi) is 4.68. The zero-order valence-electron chi connectivity index (χ0n) is 16.1. The van der Waals surface area contributed by atoms with Crippen LogP contribution >= 0.6 is 0 Å². The molecule has 5 heteroatoms. The first-order chi connectivity index (χ1) is 13.1. The molecule has 0 saturated heterocycles. The van der Waals surface area contributed by atoms with Crippen molar-refractivity contribution in [3.63, 3.8) is 0 Å². The lowest BCUT2D eigenvalue weighted by Crippen LogP contribution is -2.38. The number of hydrogen-bond acceptors (Lipinski definition) is 4. The van der Waals surface area contributed by atoms with Crippen molar-refractivity contribution < 1.29 is 19.0 Å². The van der Waals surface area contributed by atoms with Gasteiger partial charge in [-0.15, -0.1) is 0 Å². The molecule has 2 aromatic rings. The molecular weight excluding hydrogens is 342 g/mol. The minimum Gasteiger partial charge on any atom is -0.495 e. The van der Waals surface area contributed by atoms with Crippen LogP contribution in [0.2, 0.25) is 0 Å². The lowest BCUT2D eigenvalue weighted by atomic mass is 9.93. The Morgan fingerprint density at radius 3 is 2.70 bits per heavy atom. The largest absolute Gasteiger partial charge is 0.495 e. The van der Waals surface area contributed by atoms with Gasteiger partial charge < -0.3 is 19.1 Å². The number of anilines is 1. The van der Waals surface area contributed by atoms with Crippen molar-refractivity contribution in [2.24, 2.45) is 0 Å². The number of carbonyl (C=O) groups excluding carboxylic acids is 1. The van der Waals surface area contributed by atoms with Gasteiger partial charge in [-0.05, 0) is 61.6 Å². The third-order valence-corrected chi connectivity index (χ3v) is 5.48. The number of rotatable bonds is 3. The van der Waals surface area contributed by atoms with Crippen LogP contribution in [0.5, 0.6) is 17.2 Å². The van der Waals surface area contributed by atoms with Gasteiger partial charge >= 0.3 is 0 Å². The van der Waals surface area contributed by atoms with Crippen LogP contribution in [0, 0.1) is 6.92 Å². The summed E-state index contributed by atoms with van der Waals surface area (Å²) in [4.78, 5) is 15.3. The molecule has 0 fully saturated rings. The fraction of sp³-hybridized carbons (Fsp3) is 0.409. The van der Waals surface area contributed by atoms with Gasteiger partial charge in [0.15, 0.2) is 11.5 Å². The molecule has 0 aliphatic carbocycles. The van der Waals surface area contributed by atoms with Crippen molar-refractivity contribution in [2.45, 2.75) is 32.6 Å². The molecule has 5 nitrogen and oxygen atoms in total. The Balaban J connectivity index is 1.67. The normalized spacial score (nSPS) is 16.5. The Hall–Kier alpha value is -2.69. The first kappa shape index (κ1) is 17.7. The van der Waals surface area contributed by atoms with Crippen molar-refractivity contribution >= 4 is 11.6 Å². The molecule has 0 saturated carbocycles. The Labute approximate surface area is 159 Å². The molecule has 2 aromatic carbocycles. The molecule has 142 valence electrons. The Bertz CT molecular complexity index is 877. The molecular formula is C22H25NO4. The summed E-state index contributed by atoms with van der Waals surface area (Å²) in [7, 11) is 1.66. The van der Waals surface area contributed by atoms with Crippen molar-refractivity contribution in [2.75, 3.05) is 31.8 Å². The van der Waals surface area contributed by atoms with Crippen LogP contribution in [0.4, 0.5) is 5.69 Å². The molecule has 0 bridgehead atoms. The molecule has 0 N–H and O–H groups in total. The number of amides is 1. The van der Waals surface area contributed by atoms with E-state index in [9.17, 15) is 4.79 Å². The van der Waals surface area contributed by atoms with Crippen LogP contribution in [0.1, 0.15) is 36.0 Å². The molecule has 0 spiro atoms. The lowest BCUT2D eigenvalue weighted by molar-refractivity contribution is -0.119. The van der Waals surface area contributed by atoms with Gasteiger partial charge in [0.1, 0.15) is 19.0 Å². The van der Waals surface area contributed by atoms with Gasteiger partial charge in [0, 0.05) is 6.54 Å². The average Bonchev–Trinajstić information content (AvgIpc) is 2.72. The molecule has 2 aliphatic rings. The van der Waals surface area contributed by atoms with E-state index in [4.69, 9.17) is 14.2 Å². The highest BCUT2D eigenvalue weighted by Crippen LogP contribution is 2.40. The molecule has 0 radical (unpaired) electrons. The number of fused-ring (bicyclic) bond motifs is 2. The fourth-order valence-electron chi connectivity index (χ4n) is 3.94. The van der Waals surface area contributed by atoms with Gasteiger partial charge in [0.2, 0.25) is 5.91 Å². The predicted octanol–water partition coefficient (Wildman–Crippen LogP) is 3.86. The van der Waals surface area contributed by atoms with E-state index in [-0.39, 0.29) is 11.8 Å². The molecule has 27 heavy (non-hydrogen) atoms. The first-order valence-electron chi connectivity index (χ1n) is 9.47. The summed E-state index contributed by atoms with van der Waals surface area (Å²) in [6.07, 6.45) is 1.93. The lowest BCUT2D eigenvalue weighted by Gasteiger charge is -2.34. The van der Waals surface area contributed by atoms with Crippen LogP contribution in [0.3, 0.4) is 0 Å². The maximum absolute atomic E-state index is 13.4. The van der Waals surface area contributed by atoms with E-state index in [0.29, 0.717) is 25.5 Å². The zero-order valence-corrected chi connectivity index (χ0v) is 16.1. The Morgan fingerprint density at radius 2 is 1.93 bits per heavy atom. The third-order valence-electron chi connectivity index (χ3n) is 5.48. The third kappa shape index (κ3) is 3.11. The minimum absolute atomic E-state index is 0.0801. The second kappa shape index (κ2) is 7.14. The summed E-state index contributed by atoms with van der Waals surface area (Å²) in [5.41, 5.74) is 4.28. The summed E-state index contributed by atoms with van der Waals surface area (Å²) in [5.74, 6) is 2.02. The molecule has 2 aliphatic heterocycles. The molecule has 2 heterocycles. The quantitative estimate of drug-likeness (QED) is 0.827. The molecule has 1 unspecified atom stereocenters. The number of aryl methyl sites for hydroxylation is 1. The number of hydrogen-bond donors (Lipinski definition) is 0. The summed E-state index contributed by atoms with van der Waals surface area (Å²) in [6, 6.07) is 9.79. The zero-order chi connectivity index (χ0) is 19.0. The van der Waals surface area contributed by atoms with Gasteiger partial charge in [-0.25, -0.2) is 0 Å². The smallest absolute Gasteiger partial charge is 0.234 e. The van der Waals surface area contributed by atoms with Crippen LogP contribution in [-0.2, 0) is 11.2 Å². The number of benzene rings is 2. The standard InChI is InChI=1S/C22H25NO4/c1-14-6-8-19(25-3)21-17(14)5-4-10-23(21)22(24)15(2)16-7-9-18-20(13-16)27-12-11-26-18/h6-9,13,15H,4-5,10-12H2,1-3H3. The van der Waals surface area contributed by atoms with E-state index >= 15 is 0 Å². The summed E-state index contributed by atoms with van der Waals surface area (Å²) < 4.78 is 16.8. The van der Waals surface area contributed by atoms with Gasteiger partial charge in [-0.2, -0.15) is 0 Å². The highest BCUT2D eigenvalue weighted by atomic mass is 16.6. The van der Waals surface area contributed by atoms with E-state index in [0.717, 1.165) is 35.6 Å². The average molecular weight is 367 g/mol. The number of nitrogens with zero attached hydrogens (tertiary/aromatic N) is 1. The maximum Gasteiger partial charge on any atom is 0.234 e. The van der Waals surface area contributed by atoms with Crippen molar-refractivity contribution in [1.29, 1.82) is 0 Å². The van der Waals surface area contributed by atoms with E-state index in [1.54, 1.807) is 7.11 Å². The first-order valence-corrected chi connectivity index (χ1v) is 9.47. The van der Waals surface area contributed by atoms with Crippen molar-refractivity contribution in [1.82, 2.24) is 0 Å². The molecule has 1 amide bonds. The monoisotopic (exact) mass is 367 g/mol. The fourth-order valence-corrected chi connectivity index (χ4v) is 3.94. The second-order valence-corrected chi connectivity index (χ2v) is 7.13. The number of carbonyl (C=O) groups is 1. The summed E-state index contributed by atoms with van der Waals surface area (Å²) >= 11 is 0. The summed E-state index contributed by atoms with van der Waals surface area (Å²) in [5, 5.41) is 0. The topological polar surface area (TPSA) is 48.0 Å². The van der Waals surface area contributed by atoms with Crippen molar-refractivity contribution in [3.8, 4) is 17.2 Å². The van der Waals surface area contributed by atoms with Crippen LogP contribution < -0.4 is 19.1 Å². The van der Waals surface area contributed by atoms with Crippen molar-refractivity contribution in [3.05, 3.63) is 47.0 Å². The van der Waals surface area contributed by atoms with E-state index < -0.39 is 0 Å². The SMILES string of the molecule is COc1ccc(C)c2c1N(C(=O)C(C)c1ccc3c(c1)OCCO3)CCC2. The van der Waals surface area contributed by atoms with E-state index in [1.165, 1.54) is 11.1 Å². The van der Waals surface area contributed by atoms with Crippen LogP contribution in [-0.4, -0.2) is 32.8 Å². The van der Waals surface area contributed by atoms with Gasteiger partial charge in [-0.1, -0.05) is 12.1 Å². The highest BCUT2D eigenvalue weighted by molar-refractivity contribution is 6.00. The van der Waals surface area contributed by atoms with Gasteiger partial charge in [-0.3, -0.25) is 4.79 Å². The van der Waals surface area contributed by atoms with E-state index in [1.807, 2.05) is 36.1 Å². The number of ether oxygens (including phenoxy) is 3. The molecule has 0 aromatic heterocycles. The highest BCUT2D eigenvalue weighted by Gasteiger charge is 2.31. The van der Waals surface area contributed by atoms with Gasteiger partial charge in [0.25, 0.3) is 0 Å². The molecule has 1 atom stereocenters. The Morgan fingerprint density at radius 1 is 1.15 bits per heavy atom.